The van der Waals surface area contributed by atoms with Crippen LogP contribution in [0.3, 0.4) is 0 Å². The van der Waals surface area contributed by atoms with Crippen LogP contribution in [0.15, 0.2) is 42.5 Å². The van der Waals surface area contributed by atoms with Crippen molar-refractivity contribution in [3.05, 3.63) is 65.0 Å². The van der Waals surface area contributed by atoms with E-state index in [-0.39, 0.29) is 23.9 Å². The Balaban J connectivity index is 1.69. The molecular weight excluding hydrogens is 397 g/mol. The molecule has 0 radical (unpaired) electrons. The van der Waals surface area contributed by atoms with Gasteiger partial charge in [0.25, 0.3) is 5.91 Å². The number of fused-ring (bicyclic) bond motifs is 1. The van der Waals surface area contributed by atoms with Crippen LogP contribution in [-0.2, 0) is 22.6 Å². The molecule has 2 aliphatic rings. The molecule has 7 heteroatoms. The van der Waals surface area contributed by atoms with Crippen molar-refractivity contribution >= 4 is 23.4 Å². The molecule has 31 heavy (non-hydrogen) atoms. The van der Waals surface area contributed by atoms with Crippen LogP contribution in [0.5, 0.6) is 0 Å². The van der Waals surface area contributed by atoms with E-state index in [0.29, 0.717) is 25.2 Å². The summed E-state index contributed by atoms with van der Waals surface area (Å²) in [5.74, 6) is -1.37. The lowest BCUT2D eigenvalue weighted by molar-refractivity contribution is -0.137. The number of hydrogen-bond acceptors (Lipinski definition) is 3. The lowest BCUT2D eigenvalue weighted by atomic mass is 9.91. The van der Waals surface area contributed by atoms with Crippen molar-refractivity contribution in [2.24, 2.45) is 0 Å². The number of nitrogens with one attached hydrogen (secondary N) is 1. The van der Waals surface area contributed by atoms with Crippen molar-refractivity contribution in [2.75, 3.05) is 18.4 Å². The van der Waals surface area contributed by atoms with Crippen molar-refractivity contribution in [1.29, 1.82) is 0 Å². The van der Waals surface area contributed by atoms with Gasteiger partial charge in [0.2, 0.25) is 11.8 Å². The first-order valence-electron chi connectivity index (χ1n) is 10.7. The first kappa shape index (κ1) is 21.0. The monoisotopic (exact) mass is 423 g/mol. The fourth-order valence-electron chi connectivity index (χ4n) is 4.41. The number of benzene rings is 2. The SMILES string of the molecule is CC(=O)Nc1ccc2c(c1)CN(C(=O)c1ccccc1F)C(C(=O)N1CCCCC1)C2. The minimum Gasteiger partial charge on any atom is -0.341 e. The molecule has 162 valence electrons. The topological polar surface area (TPSA) is 69.7 Å². The third kappa shape index (κ3) is 4.45. The van der Waals surface area contributed by atoms with Crippen molar-refractivity contribution in [1.82, 2.24) is 9.80 Å². The largest absolute Gasteiger partial charge is 0.341 e. The molecule has 2 heterocycles. The molecule has 1 saturated heterocycles. The minimum absolute atomic E-state index is 0.0413. The highest BCUT2D eigenvalue weighted by Gasteiger charge is 2.38. The van der Waals surface area contributed by atoms with Gasteiger partial charge in [-0.15, -0.1) is 0 Å². The van der Waals surface area contributed by atoms with Crippen LogP contribution < -0.4 is 5.32 Å². The third-order valence-corrected chi connectivity index (χ3v) is 5.97. The Labute approximate surface area is 181 Å². The zero-order valence-electron chi connectivity index (χ0n) is 17.6. The molecule has 4 rings (SSSR count). The molecule has 0 aromatic heterocycles. The predicted molar refractivity (Wildman–Crippen MR) is 115 cm³/mol. The molecule has 1 fully saturated rings. The number of carbonyl (C=O) groups is 3. The molecule has 0 saturated carbocycles. The molecule has 1 unspecified atom stereocenters. The first-order valence-corrected chi connectivity index (χ1v) is 10.7. The lowest BCUT2D eigenvalue weighted by Crippen LogP contribution is -2.54. The summed E-state index contributed by atoms with van der Waals surface area (Å²) in [5, 5.41) is 2.75. The Morgan fingerprint density at radius 1 is 1.00 bits per heavy atom. The van der Waals surface area contributed by atoms with E-state index in [1.165, 1.54) is 30.0 Å². The van der Waals surface area contributed by atoms with Crippen molar-refractivity contribution in [2.45, 2.75) is 45.2 Å². The summed E-state index contributed by atoms with van der Waals surface area (Å²) in [6, 6.07) is 10.7. The fraction of sp³-hybridized carbons (Fsp3) is 0.375. The van der Waals surface area contributed by atoms with Crippen LogP contribution in [0.1, 0.15) is 47.7 Å². The van der Waals surface area contributed by atoms with Gasteiger partial charge in [0.15, 0.2) is 0 Å². The number of nitrogens with zero attached hydrogens (tertiary/aromatic N) is 2. The normalized spacial score (nSPS) is 18.3. The van der Waals surface area contributed by atoms with Crippen LogP contribution in [-0.4, -0.2) is 46.7 Å². The van der Waals surface area contributed by atoms with Gasteiger partial charge < -0.3 is 15.1 Å². The number of carbonyl (C=O) groups excluding carboxylic acids is 3. The molecule has 2 aromatic rings. The zero-order chi connectivity index (χ0) is 22.0. The van der Waals surface area contributed by atoms with Crippen LogP contribution in [0.4, 0.5) is 10.1 Å². The Morgan fingerprint density at radius 2 is 1.74 bits per heavy atom. The summed E-state index contributed by atoms with van der Waals surface area (Å²) < 4.78 is 14.4. The number of piperidine rings is 1. The summed E-state index contributed by atoms with van der Waals surface area (Å²) in [5.41, 5.74) is 2.39. The van der Waals surface area contributed by atoms with E-state index in [0.717, 1.165) is 30.4 Å². The third-order valence-electron chi connectivity index (χ3n) is 5.97. The molecule has 6 nitrogen and oxygen atoms in total. The van der Waals surface area contributed by atoms with E-state index < -0.39 is 17.8 Å². The summed E-state index contributed by atoms with van der Waals surface area (Å²) in [6.07, 6.45) is 3.37. The second kappa shape index (κ2) is 8.88. The molecule has 1 atom stereocenters. The number of rotatable bonds is 3. The van der Waals surface area contributed by atoms with Crippen molar-refractivity contribution < 1.29 is 18.8 Å². The van der Waals surface area contributed by atoms with Gasteiger partial charge in [-0.05, 0) is 54.7 Å². The van der Waals surface area contributed by atoms with Gasteiger partial charge in [-0.3, -0.25) is 14.4 Å². The molecule has 0 spiro atoms. The van der Waals surface area contributed by atoms with Crippen LogP contribution in [0.2, 0.25) is 0 Å². The van der Waals surface area contributed by atoms with Gasteiger partial charge in [0.1, 0.15) is 11.9 Å². The fourth-order valence-corrected chi connectivity index (χ4v) is 4.41. The maximum atomic E-state index is 14.4. The van der Waals surface area contributed by atoms with E-state index in [1.807, 2.05) is 17.0 Å². The van der Waals surface area contributed by atoms with Gasteiger partial charge in [0.05, 0.1) is 5.56 Å². The molecular formula is C24H26FN3O3. The smallest absolute Gasteiger partial charge is 0.257 e. The second-order valence-corrected chi connectivity index (χ2v) is 8.18. The maximum Gasteiger partial charge on any atom is 0.257 e. The standard InChI is InChI=1S/C24H26FN3O3/c1-16(29)26-19-10-9-17-14-22(24(31)27-11-5-2-6-12-27)28(15-18(17)13-19)23(30)20-7-3-4-8-21(20)25/h3-4,7-10,13,22H,2,5-6,11-12,14-15H2,1H3,(H,26,29). The van der Waals surface area contributed by atoms with Gasteiger partial charge in [0, 0.05) is 38.7 Å². The van der Waals surface area contributed by atoms with Gasteiger partial charge in [-0.25, -0.2) is 4.39 Å². The van der Waals surface area contributed by atoms with E-state index in [1.54, 1.807) is 12.1 Å². The highest BCUT2D eigenvalue weighted by Crippen LogP contribution is 2.29. The molecule has 0 bridgehead atoms. The molecule has 3 amide bonds. The summed E-state index contributed by atoms with van der Waals surface area (Å²) in [4.78, 5) is 41.5. The number of amides is 3. The van der Waals surface area contributed by atoms with Gasteiger partial charge in [-0.1, -0.05) is 18.2 Å². The average molecular weight is 423 g/mol. The Morgan fingerprint density at radius 3 is 2.45 bits per heavy atom. The summed E-state index contributed by atoms with van der Waals surface area (Å²) >= 11 is 0. The van der Waals surface area contributed by atoms with Crippen LogP contribution in [0, 0.1) is 5.82 Å². The van der Waals surface area contributed by atoms with Crippen molar-refractivity contribution in [3.8, 4) is 0 Å². The van der Waals surface area contributed by atoms with Crippen LogP contribution in [0.25, 0.3) is 0 Å². The summed E-state index contributed by atoms with van der Waals surface area (Å²) in [7, 11) is 0. The average Bonchev–Trinajstić information content (AvgIpc) is 2.78. The van der Waals surface area contributed by atoms with Crippen molar-refractivity contribution in [3.63, 3.8) is 0 Å². The Kier molecular flexibility index (Phi) is 6.02. The van der Waals surface area contributed by atoms with Crippen LogP contribution >= 0.6 is 0 Å². The van der Waals surface area contributed by atoms with Gasteiger partial charge >= 0.3 is 0 Å². The number of anilines is 1. The highest BCUT2D eigenvalue weighted by atomic mass is 19.1. The summed E-state index contributed by atoms with van der Waals surface area (Å²) in [6.45, 7) is 2.98. The van der Waals surface area contributed by atoms with E-state index >= 15 is 0 Å². The molecule has 2 aliphatic heterocycles. The lowest BCUT2D eigenvalue weighted by Gasteiger charge is -2.39. The number of hydrogen-bond donors (Lipinski definition) is 1. The van der Waals surface area contributed by atoms with E-state index in [9.17, 15) is 18.8 Å². The quantitative estimate of drug-likeness (QED) is 0.823. The predicted octanol–water partition coefficient (Wildman–Crippen LogP) is 3.36. The van der Waals surface area contributed by atoms with Gasteiger partial charge in [-0.2, -0.15) is 0 Å². The second-order valence-electron chi connectivity index (χ2n) is 8.18. The van der Waals surface area contributed by atoms with E-state index in [4.69, 9.17) is 0 Å². The molecule has 2 aromatic carbocycles. The number of halogens is 1. The highest BCUT2D eigenvalue weighted by molar-refractivity contribution is 5.98. The molecule has 1 N–H and O–H groups in total. The van der Waals surface area contributed by atoms with E-state index in [2.05, 4.69) is 5.32 Å². The Hall–Kier alpha value is -3.22. The minimum atomic E-state index is -0.677. The number of likely N-dealkylation sites (tertiary alicyclic amines) is 1. The maximum absolute atomic E-state index is 14.4. The molecule has 0 aliphatic carbocycles. The zero-order valence-corrected chi connectivity index (χ0v) is 17.6. The Bertz CT molecular complexity index is 1020. The first-order chi connectivity index (χ1) is 14.9.